The summed E-state index contributed by atoms with van der Waals surface area (Å²) in [5.74, 6) is 0. The fourth-order valence-electron chi connectivity index (χ4n) is 2.16. The molecule has 0 spiro atoms. The van der Waals surface area contributed by atoms with E-state index >= 15 is 0 Å². The molecule has 0 saturated heterocycles. The summed E-state index contributed by atoms with van der Waals surface area (Å²) in [5, 5.41) is 0. The first kappa shape index (κ1) is 12.6. The smallest absolute Gasteiger partial charge is 0.00127 e. The van der Waals surface area contributed by atoms with Gasteiger partial charge in [0, 0.05) is 0 Å². The maximum Gasteiger partial charge on any atom is -0.00127 e. The number of halogens is 2. The molecule has 0 aromatic heterocycles. The van der Waals surface area contributed by atoms with E-state index in [1.807, 2.05) is 0 Å². The molecule has 0 nitrogen and oxygen atoms in total. The Labute approximate surface area is 124 Å². The summed E-state index contributed by atoms with van der Waals surface area (Å²) in [6, 6.07) is 8.80. The highest BCUT2D eigenvalue weighted by atomic mass is 127. The second kappa shape index (κ2) is 5.21. The molecule has 2 heteroatoms. The van der Waals surface area contributed by atoms with Crippen molar-refractivity contribution in [2.75, 3.05) is 0 Å². The van der Waals surface area contributed by atoms with Gasteiger partial charge in [-0.15, -0.1) is 0 Å². The number of hydrogen-bond acceptors (Lipinski definition) is 0. The van der Waals surface area contributed by atoms with Crippen molar-refractivity contribution in [3.63, 3.8) is 0 Å². The van der Waals surface area contributed by atoms with Crippen LogP contribution >= 0.6 is 45.2 Å². The minimum atomic E-state index is 1.10. The molecular weight excluding hydrogens is 422 g/mol. The fraction of sp³-hybridized carbons (Fsp3) is 0.286. The zero-order valence-electron chi connectivity index (χ0n) is 9.48. The highest BCUT2D eigenvalue weighted by Crippen LogP contribution is 2.36. The molecule has 0 saturated carbocycles. The van der Waals surface area contributed by atoms with Gasteiger partial charge in [-0.1, -0.05) is 24.3 Å². The minimum absolute atomic E-state index is 1.10. The third-order valence-electron chi connectivity index (χ3n) is 3.05. The van der Waals surface area contributed by atoms with E-state index in [1.54, 1.807) is 0 Å². The Balaban J connectivity index is 2.55. The molecule has 0 aliphatic heterocycles. The van der Waals surface area contributed by atoms with Gasteiger partial charge < -0.3 is 0 Å². The molecular formula is C14H14I2. The molecule has 1 aromatic carbocycles. The Bertz CT molecular complexity index is 428. The Kier molecular flexibility index (Phi) is 4.11. The topological polar surface area (TPSA) is 0 Å². The van der Waals surface area contributed by atoms with Crippen LogP contribution in [0.3, 0.4) is 0 Å². The van der Waals surface area contributed by atoms with Crippen molar-refractivity contribution in [3.8, 4) is 0 Å². The third kappa shape index (κ3) is 2.53. The van der Waals surface area contributed by atoms with Gasteiger partial charge in [-0.25, -0.2) is 0 Å². The van der Waals surface area contributed by atoms with Crippen LogP contribution in [0.5, 0.6) is 0 Å². The maximum absolute atomic E-state index is 2.45. The second-order valence-corrected chi connectivity index (χ2v) is 7.38. The van der Waals surface area contributed by atoms with Crippen molar-refractivity contribution < 1.29 is 0 Å². The predicted molar refractivity (Wildman–Crippen MR) is 87.3 cm³/mol. The number of benzene rings is 1. The standard InChI is InChI=1S/C14H14I2/c1-9(15)13-7-11-5-3-4-6-12(11)8-14(13)10(2)16/h3-6H,7-8H2,1-2H3/b13-9+,14-10+. The van der Waals surface area contributed by atoms with Crippen molar-refractivity contribution in [2.45, 2.75) is 26.7 Å². The molecule has 2 rings (SSSR count). The zero-order valence-corrected chi connectivity index (χ0v) is 13.8. The summed E-state index contributed by atoms with van der Waals surface area (Å²) >= 11 is 4.90. The van der Waals surface area contributed by atoms with Crippen molar-refractivity contribution in [1.82, 2.24) is 0 Å². The van der Waals surface area contributed by atoms with E-state index < -0.39 is 0 Å². The molecule has 0 N–H and O–H groups in total. The molecule has 0 amide bonds. The fourth-order valence-corrected chi connectivity index (χ4v) is 3.19. The molecule has 0 bridgehead atoms. The predicted octanol–water partition coefficient (Wildman–Crippen LogP) is 5.20. The average molecular weight is 436 g/mol. The van der Waals surface area contributed by atoms with Crippen LogP contribution < -0.4 is 0 Å². The summed E-state index contributed by atoms with van der Waals surface area (Å²) in [6.45, 7) is 4.42. The highest BCUT2D eigenvalue weighted by Gasteiger charge is 2.19. The van der Waals surface area contributed by atoms with E-state index in [9.17, 15) is 0 Å². The van der Waals surface area contributed by atoms with E-state index in [2.05, 4.69) is 83.3 Å². The van der Waals surface area contributed by atoms with Gasteiger partial charge in [0.2, 0.25) is 0 Å². The zero-order chi connectivity index (χ0) is 11.7. The molecule has 0 radical (unpaired) electrons. The summed E-state index contributed by atoms with van der Waals surface area (Å²) in [7, 11) is 0. The molecule has 1 aliphatic carbocycles. The molecule has 0 unspecified atom stereocenters. The van der Waals surface area contributed by atoms with Gasteiger partial charge in [0.05, 0.1) is 0 Å². The first-order valence-corrected chi connectivity index (χ1v) is 7.53. The molecule has 0 atom stereocenters. The quantitative estimate of drug-likeness (QED) is 0.491. The van der Waals surface area contributed by atoms with Crippen LogP contribution in [0.25, 0.3) is 0 Å². The van der Waals surface area contributed by atoms with Crippen LogP contribution in [0, 0.1) is 0 Å². The van der Waals surface area contributed by atoms with Gasteiger partial charge in [0.25, 0.3) is 0 Å². The Morgan fingerprint density at radius 1 is 0.875 bits per heavy atom. The monoisotopic (exact) mass is 436 g/mol. The Morgan fingerprint density at radius 3 is 1.56 bits per heavy atom. The molecule has 0 fully saturated rings. The SMILES string of the molecule is C/C(I)=C1/Cc2ccccc2C/C1=C(/C)I. The first-order valence-electron chi connectivity index (χ1n) is 5.37. The van der Waals surface area contributed by atoms with E-state index in [-0.39, 0.29) is 0 Å². The largest absolute Gasteiger partial charge is 0.0620 e. The average Bonchev–Trinajstić information content (AvgIpc) is 2.27. The van der Waals surface area contributed by atoms with Gasteiger partial charge >= 0.3 is 0 Å². The van der Waals surface area contributed by atoms with Gasteiger partial charge in [-0.2, -0.15) is 0 Å². The van der Waals surface area contributed by atoms with Crippen LogP contribution in [0.4, 0.5) is 0 Å². The number of allylic oxidation sites excluding steroid dienone is 4. The second-order valence-electron chi connectivity index (χ2n) is 4.15. The summed E-state index contributed by atoms with van der Waals surface area (Å²) < 4.78 is 2.86. The van der Waals surface area contributed by atoms with Gasteiger partial charge in [0.15, 0.2) is 0 Å². The lowest BCUT2D eigenvalue weighted by atomic mass is 9.84. The van der Waals surface area contributed by atoms with Crippen molar-refractivity contribution in [1.29, 1.82) is 0 Å². The molecule has 16 heavy (non-hydrogen) atoms. The number of rotatable bonds is 0. The lowest BCUT2D eigenvalue weighted by molar-refractivity contribution is 0.973. The summed E-state index contributed by atoms with van der Waals surface area (Å²) in [6.07, 6.45) is 2.20. The lowest BCUT2D eigenvalue weighted by Crippen LogP contribution is -2.10. The van der Waals surface area contributed by atoms with E-state index in [0.717, 1.165) is 12.8 Å². The summed E-state index contributed by atoms with van der Waals surface area (Å²) in [4.78, 5) is 0. The Morgan fingerprint density at radius 2 is 1.25 bits per heavy atom. The Hall–Kier alpha value is 0.160. The van der Waals surface area contributed by atoms with Crippen LogP contribution in [0.15, 0.2) is 42.6 Å². The van der Waals surface area contributed by atoms with Gasteiger partial charge in [-0.3, -0.25) is 0 Å². The van der Waals surface area contributed by atoms with Crippen LogP contribution in [-0.4, -0.2) is 0 Å². The molecule has 1 aromatic rings. The van der Waals surface area contributed by atoms with Gasteiger partial charge in [0.1, 0.15) is 0 Å². The van der Waals surface area contributed by atoms with Crippen molar-refractivity contribution >= 4 is 45.2 Å². The van der Waals surface area contributed by atoms with Crippen molar-refractivity contribution in [2.24, 2.45) is 0 Å². The van der Waals surface area contributed by atoms with Crippen LogP contribution in [0.2, 0.25) is 0 Å². The van der Waals surface area contributed by atoms with Gasteiger partial charge in [-0.05, 0) is 101 Å². The minimum Gasteiger partial charge on any atom is -0.0620 e. The maximum atomic E-state index is 2.45. The third-order valence-corrected chi connectivity index (χ3v) is 4.35. The van der Waals surface area contributed by atoms with E-state index in [0.29, 0.717) is 0 Å². The van der Waals surface area contributed by atoms with E-state index in [1.165, 1.54) is 29.4 Å². The van der Waals surface area contributed by atoms with Crippen molar-refractivity contribution in [3.05, 3.63) is 53.7 Å². The van der Waals surface area contributed by atoms with Crippen LogP contribution in [-0.2, 0) is 12.8 Å². The molecule has 1 aliphatic rings. The molecule has 84 valence electrons. The van der Waals surface area contributed by atoms with Crippen LogP contribution in [0.1, 0.15) is 25.0 Å². The first-order chi connectivity index (χ1) is 7.59. The lowest BCUT2D eigenvalue weighted by Gasteiger charge is -2.23. The summed E-state index contributed by atoms with van der Waals surface area (Å²) in [5.41, 5.74) is 6.06. The number of hydrogen-bond donors (Lipinski definition) is 0. The molecule has 0 heterocycles. The number of fused-ring (bicyclic) bond motifs is 1. The highest BCUT2D eigenvalue weighted by molar-refractivity contribution is 14.1. The normalized spacial score (nSPS) is 21.5. The van der Waals surface area contributed by atoms with E-state index in [4.69, 9.17) is 0 Å².